The molecule has 1 heterocycles. The molecule has 0 saturated heterocycles. The first-order valence-corrected chi connectivity index (χ1v) is 5.51. The molecule has 0 aliphatic heterocycles. The number of carboxylic acids is 1. The number of fused-ring (bicyclic) bond motifs is 1. The summed E-state index contributed by atoms with van der Waals surface area (Å²) in [6.45, 7) is 3.89. The summed E-state index contributed by atoms with van der Waals surface area (Å²) in [5, 5.41) is 10.1. The standard InChI is InChI=1S/C13H15NO3/c1-4-9-10-6-8(17-3)5-7(2)11(10)14-12(9)13(15)16/h5-6,14H,4H2,1-3H3,(H,15,16). The van der Waals surface area contributed by atoms with E-state index in [1.807, 2.05) is 26.0 Å². The number of aromatic nitrogens is 1. The Balaban J connectivity index is 2.82. The van der Waals surface area contributed by atoms with Gasteiger partial charge in [-0.3, -0.25) is 0 Å². The van der Waals surface area contributed by atoms with E-state index >= 15 is 0 Å². The summed E-state index contributed by atoms with van der Waals surface area (Å²) < 4.78 is 5.21. The second-order valence-corrected chi connectivity index (χ2v) is 4.00. The zero-order chi connectivity index (χ0) is 12.6. The van der Waals surface area contributed by atoms with Crippen molar-refractivity contribution in [2.45, 2.75) is 20.3 Å². The number of aryl methyl sites for hydroxylation is 2. The Morgan fingerprint density at radius 3 is 2.71 bits per heavy atom. The molecule has 0 aliphatic carbocycles. The highest BCUT2D eigenvalue weighted by Gasteiger charge is 2.17. The van der Waals surface area contributed by atoms with Crippen LogP contribution in [0.4, 0.5) is 0 Å². The van der Waals surface area contributed by atoms with Crippen molar-refractivity contribution in [3.63, 3.8) is 0 Å². The topological polar surface area (TPSA) is 62.3 Å². The fraction of sp³-hybridized carbons (Fsp3) is 0.308. The van der Waals surface area contributed by atoms with Crippen LogP contribution in [-0.2, 0) is 6.42 Å². The maximum absolute atomic E-state index is 11.2. The first kappa shape index (κ1) is 11.5. The van der Waals surface area contributed by atoms with Gasteiger partial charge in [-0.25, -0.2) is 4.79 Å². The number of ether oxygens (including phenoxy) is 1. The first-order chi connectivity index (χ1) is 8.08. The van der Waals surface area contributed by atoms with Gasteiger partial charge in [0.05, 0.1) is 7.11 Å². The van der Waals surface area contributed by atoms with Gasteiger partial charge >= 0.3 is 5.97 Å². The summed E-state index contributed by atoms with van der Waals surface area (Å²) in [4.78, 5) is 14.1. The van der Waals surface area contributed by atoms with E-state index in [9.17, 15) is 4.79 Å². The van der Waals surface area contributed by atoms with Crippen molar-refractivity contribution in [3.05, 3.63) is 29.0 Å². The maximum atomic E-state index is 11.2. The van der Waals surface area contributed by atoms with Crippen LogP contribution in [0.2, 0.25) is 0 Å². The van der Waals surface area contributed by atoms with Gasteiger partial charge in [-0.15, -0.1) is 0 Å². The van der Waals surface area contributed by atoms with Crippen LogP contribution in [-0.4, -0.2) is 23.2 Å². The molecule has 0 radical (unpaired) electrons. The van der Waals surface area contributed by atoms with Gasteiger partial charge in [0, 0.05) is 10.9 Å². The average molecular weight is 233 g/mol. The molecule has 0 fully saturated rings. The highest BCUT2D eigenvalue weighted by molar-refractivity contribution is 5.98. The average Bonchev–Trinajstić information content (AvgIpc) is 2.67. The molecular formula is C13H15NO3. The Kier molecular flexibility index (Phi) is 2.79. The van der Waals surface area contributed by atoms with Gasteiger partial charge in [-0.05, 0) is 36.6 Å². The summed E-state index contributed by atoms with van der Waals surface area (Å²) in [6.07, 6.45) is 0.675. The van der Waals surface area contributed by atoms with E-state index in [-0.39, 0.29) is 5.69 Å². The van der Waals surface area contributed by atoms with Crippen LogP contribution in [0.5, 0.6) is 5.75 Å². The number of hydrogen-bond donors (Lipinski definition) is 2. The Hall–Kier alpha value is -1.97. The number of hydrogen-bond acceptors (Lipinski definition) is 2. The van der Waals surface area contributed by atoms with Crippen LogP contribution in [0, 0.1) is 6.92 Å². The van der Waals surface area contributed by atoms with Gasteiger partial charge in [0.15, 0.2) is 0 Å². The monoisotopic (exact) mass is 233 g/mol. The third-order valence-corrected chi connectivity index (χ3v) is 2.99. The highest BCUT2D eigenvalue weighted by atomic mass is 16.5. The van der Waals surface area contributed by atoms with Gasteiger partial charge in [0.2, 0.25) is 0 Å². The van der Waals surface area contributed by atoms with Crippen LogP contribution >= 0.6 is 0 Å². The number of H-pyrrole nitrogens is 1. The Morgan fingerprint density at radius 2 is 2.18 bits per heavy atom. The zero-order valence-corrected chi connectivity index (χ0v) is 10.1. The number of benzene rings is 1. The lowest BCUT2D eigenvalue weighted by molar-refractivity contribution is 0.0690. The van der Waals surface area contributed by atoms with Crippen molar-refractivity contribution >= 4 is 16.9 Å². The molecule has 0 atom stereocenters. The highest BCUT2D eigenvalue weighted by Crippen LogP contribution is 2.29. The minimum Gasteiger partial charge on any atom is -0.497 e. The quantitative estimate of drug-likeness (QED) is 0.856. The zero-order valence-electron chi connectivity index (χ0n) is 10.1. The minimum absolute atomic E-state index is 0.277. The van der Waals surface area contributed by atoms with Crippen molar-refractivity contribution in [2.75, 3.05) is 7.11 Å². The number of nitrogens with one attached hydrogen (secondary N) is 1. The third-order valence-electron chi connectivity index (χ3n) is 2.99. The summed E-state index contributed by atoms with van der Waals surface area (Å²) in [6, 6.07) is 3.77. The SMILES string of the molecule is CCc1c(C(=O)O)[nH]c2c(C)cc(OC)cc12. The van der Waals surface area contributed by atoms with E-state index in [4.69, 9.17) is 9.84 Å². The number of carboxylic acid groups (broad SMARTS) is 1. The molecular weight excluding hydrogens is 218 g/mol. The molecule has 17 heavy (non-hydrogen) atoms. The largest absolute Gasteiger partial charge is 0.497 e. The third kappa shape index (κ3) is 1.75. The second kappa shape index (κ2) is 4.13. The molecule has 0 spiro atoms. The summed E-state index contributed by atoms with van der Waals surface area (Å²) in [5.41, 5.74) is 2.97. The lowest BCUT2D eigenvalue weighted by Gasteiger charge is -2.03. The van der Waals surface area contributed by atoms with Gasteiger partial charge in [-0.1, -0.05) is 6.92 Å². The number of aromatic carboxylic acids is 1. The van der Waals surface area contributed by atoms with E-state index in [2.05, 4.69) is 4.98 Å². The fourth-order valence-corrected chi connectivity index (χ4v) is 2.16. The molecule has 2 aromatic rings. The van der Waals surface area contributed by atoms with Crippen LogP contribution in [0.3, 0.4) is 0 Å². The van der Waals surface area contributed by atoms with E-state index < -0.39 is 5.97 Å². The fourth-order valence-electron chi connectivity index (χ4n) is 2.16. The molecule has 4 heteroatoms. The van der Waals surface area contributed by atoms with E-state index in [0.29, 0.717) is 6.42 Å². The van der Waals surface area contributed by atoms with Crippen molar-refractivity contribution in [1.82, 2.24) is 4.98 Å². The molecule has 0 amide bonds. The summed E-state index contributed by atoms with van der Waals surface area (Å²) in [7, 11) is 1.61. The Bertz CT molecular complexity index is 584. The lowest BCUT2D eigenvalue weighted by atomic mass is 10.1. The van der Waals surface area contributed by atoms with E-state index in [0.717, 1.165) is 27.8 Å². The van der Waals surface area contributed by atoms with Crippen molar-refractivity contribution < 1.29 is 14.6 Å². The van der Waals surface area contributed by atoms with Gasteiger partial charge in [0.1, 0.15) is 11.4 Å². The normalized spacial score (nSPS) is 10.8. The number of rotatable bonds is 3. The van der Waals surface area contributed by atoms with Gasteiger partial charge < -0.3 is 14.8 Å². The van der Waals surface area contributed by atoms with Crippen molar-refractivity contribution in [2.24, 2.45) is 0 Å². The van der Waals surface area contributed by atoms with Crippen LogP contribution in [0.15, 0.2) is 12.1 Å². The molecule has 0 saturated carbocycles. The first-order valence-electron chi connectivity index (χ1n) is 5.51. The molecule has 1 aromatic carbocycles. The number of carbonyl (C=O) groups is 1. The second-order valence-electron chi connectivity index (χ2n) is 4.00. The van der Waals surface area contributed by atoms with Gasteiger partial charge in [0.25, 0.3) is 0 Å². The summed E-state index contributed by atoms with van der Waals surface area (Å²) in [5.74, 6) is -0.169. The molecule has 2 N–H and O–H groups in total. The number of methoxy groups -OCH3 is 1. The van der Waals surface area contributed by atoms with E-state index in [1.165, 1.54) is 0 Å². The summed E-state index contributed by atoms with van der Waals surface area (Å²) >= 11 is 0. The molecule has 0 bridgehead atoms. The molecule has 1 aromatic heterocycles. The van der Waals surface area contributed by atoms with Crippen LogP contribution in [0.25, 0.3) is 10.9 Å². The molecule has 0 aliphatic rings. The molecule has 90 valence electrons. The van der Waals surface area contributed by atoms with Crippen LogP contribution in [0.1, 0.15) is 28.5 Å². The van der Waals surface area contributed by atoms with E-state index in [1.54, 1.807) is 7.11 Å². The van der Waals surface area contributed by atoms with Crippen molar-refractivity contribution in [3.8, 4) is 5.75 Å². The van der Waals surface area contributed by atoms with Gasteiger partial charge in [-0.2, -0.15) is 0 Å². The lowest BCUT2D eigenvalue weighted by Crippen LogP contribution is -2.00. The Morgan fingerprint density at radius 1 is 1.47 bits per heavy atom. The predicted molar refractivity (Wildman–Crippen MR) is 65.9 cm³/mol. The smallest absolute Gasteiger partial charge is 0.352 e. The Labute approximate surface area is 99.2 Å². The minimum atomic E-state index is -0.920. The van der Waals surface area contributed by atoms with Crippen LogP contribution < -0.4 is 4.74 Å². The molecule has 0 unspecified atom stereocenters. The molecule has 4 nitrogen and oxygen atoms in total. The number of aromatic amines is 1. The maximum Gasteiger partial charge on any atom is 0.352 e. The molecule has 2 rings (SSSR count). The van der Waals surface area contributed by atoms with Crippen molar-refractivity contribution in [1.29, 1.82) is 0 Å². The predicted octanol–water partition coefficient (Wildman–Crippen LogP) is 2.75.